The Kier molecular flexibility index (Phi) is 3.64. The van der Waals surface area contributed by atoms with Crippen molar-refractivity contribution in [3.8, 4) is 0 Å². The molecule has 2 rings (SSSR count). The molecule has 0 spiro atoms. The van der Waals surface area contributed by atoms with Crippen LogP contribution in [-0.4, -0.2) is 14.8 Å². The predicted molar refractivity (Wildman–Crippen MR) is 73.7 cm³/mol. The molecule has 0 saturated heterocycles. The lowest BCUT2D eigenvalue weighted by atomic mass is 9.82. The van der Waals surface area contributed by atoms with E-state index in [-0.39, 0.29) is 5.41 Å². The van der Waals surface area contributed by atoms with Gasteiger partial charge in [-0.25, -0.2) is 9.67 Å². The lowest BCUT2D eigenvalue weighted by Crippen LogP contribution is -2.27. The molecule has 0 unspecified atom stereocenters. The summed E-state index contributed by atoms with van der Waals surface area (Å²) >= 11 is 12.2. The van der Waals surface area contributed by atoms with Gasteiger partial charge in [0.1, 0.15) is 18.7 Å². The first-order chi connectivity index (χ1) is 8.39. The molecule has 1 aromatic heterocycles. The predicted octanol–water partition coefficient (Wildman–Crippen LogP) is 4.06. The second kappa shape index (κ2) is 4.90. The Bertz CT molecular complexity index is 530. The van der Waals surface area contributed by atoms with Gasteiger partial charge in [-0.3, -0.25) is 0 Å². The van der Waals surface area contributed by atoms with Crippen molar-refractivity contribution in [2.24, 2.45) is 5.41 Å². The molecule has 0 saturated carbocycles. The summed E-state index contributed by atoms with van der Waals surface area (Å²) in [6.45, 7) is 6.32. The molecule has 0 aliphatic carbocycles. The molecule has 5 heteroatoms. The summed E-state index contributed by atoms with van der Waals surface area (Å²) in [6, 6.07) is 6.46. The largest absolute Gasteiger partial charge is 0.239 e. The van der Waals surface area contributed by atoms with Crippen molar-refractivity contribution in [3.05, 3.63) is 52.5 Å². The Morgan fingerprint density at radius 3 is 2.44 bits per heavy atom. The molecule has 3 nitrogen and oxygen atoms in total. The van der Waals surface area contributed by atoms with Crippen molar-refractivity contribution in [3.63, 3.8) is 0 Å². The van der Waals surface area contributed by atoms with E-state index in [4.69, 9.17) is 23.2 Å². The van der Waals surface area contributed by atoms with E-state index < -0.39 is 0 Å². The molecule has 0 atom stereocenters. The highest BCUT2D eigenvalue weighted by Gasteiger charge is 2.31. The second-order valence-electron chi connectivity index (χ2n) is 5.06. The molecule has 0 amide bonds. The van der Waals surface area contributed by atoms with Crippen molar-refractivity contribution >= 4 is 23.2 Å². The van der Waals surface area contributed by atoms with Gasteiger partial charge in [0.25, 0.3) is 0 Å². The molecule has 0 bridgehead atoms. The zero-order valence-corrected chi connectivity index (χ0v) is 12.0. The highest BCUT2D eigenvalue weighted by molar-refractivity contribution is 6.35. The number of halogens is 2. The van der Waals surface area contributed by atoms with Crippen LogP contribution in [0.25, 0.3) is 0 Å². The van der Waals surface area contributed by atoms with Gasteiger partial charge in [-0.15, -0.1) is 0 Å². The Hall–Kier alpha value is -1.06. The topological polar surface area (TPSA) is 30.7 Å². The van der Waals surface area contributed by atoms with Crippen molar-refractivity contribution < 1.29 is 0 Å². The minimum atomic E-state index is -0.120. The number of benzene rings is 1. The van der Waals surface area contributed by atoms with E-state index in [2.05, 4.69) is 30.9 Å². The first kappa shape index (κ1) is 13.4. The summed E-state index contributed by atoms with van der Waals surface area (Å²) in [4.78, 5) is 3.99. The van der Waals surface area contributed by atoms with Crippen LogP contribution in [-0.2, 0) is 0 Å². The van der Waals surface area contributed by atoms with E-state index >= 15 is 0 Å². The Labute approximate surface area is 117 Å². The molecule has 0 N–H and O–H groups in total. The lowest BCUT2D eigenvalue weighted by molar-refractivity contribution is 0.392. The Morgan fingerprint density at radius 2 is 1.94 bits per heavy atom. The quantitative estimate of drug-likeness (QED) is 0.832. The van der Waals surface area contributed by atoms with Crippen LogP contribution in [0.2, 0.25) is 10.0 Å². The molecule has 1 heterocycles. The van der Waals surface area contributed by atoms with Crippen LogP contribution in [0.15, 0.2) is 30.9 Å². The molecule has 0 aliphatic heterocycles. The minimum Gasteiger partial charge on any atom is -0.239 e. The van der Waals surface area contributed by atoms with Crippen LogP contribution in [0, 0.1) is 11.5 Å². The third kappa shape index (κ3) is 2.68. The maximum atomic E-state index is 6.28. The summed E-state index contributed by atoms with van der Waals surface area (Å²) in [5.41, 5.74) is 0.796. The number of hydrogen-bond donors (Lipinski definition) is 0. The van der Waals surface area contributed by atoms with E-state index in [0.717, 1.165) is 11.6 Å². The van der Waals surface area contributed by atoms with Gasteiger partial charge in [0.15, 0.2) is 0 Å². The van der Waals surface area contributed by atoms with Gasteiger partial charge in [-0.05, 0) is 17.5 Å². The molecule has 95 valence electrons. The number of nitrogens with zero attached hydrogens (tertiary/aromatic N) is 3. The standard InChI is InChI=1S/C13H14Cl2N3/c1-13(2,3)12(18-8-16-7-17-18)10-5-4-9(14)6-11(10)15/h4-8H,1-3H3. The maximum Gasteiger partial charge on any atom is 0.137 e. The van der Waals surface area contributed by atoms with Gasteiger partial charge >= 0.3 is 0 Å². The monoisotopic (exact) mass is 282 g/mol. The molecular weight excluding hydrogens is 269 g/mol. The van der Waals surface area contributed by atoms with Crippen LogP contribution < -0.4 is 0 Å². The number of hydrogen-bond acceptors (Lipinski definition) is 2. The Morgan fingerprint density at radius 1 is 1.22 bits per heavy atom. The first-order valence-corrected chi connectivity index (χ1v) is 6.33. The average Bonchev–Trinajstić information content (AvgIpc) is 2.73. The van der Waals surface area contributed by atoms with Gasteiger partial charge in [0.2, 0.25) is 0 Å². The second-order valence-corrected chi connectivity index (χ2v) is 5.91. The van der Waals surface area contributed by atoms with Crippen LogP contribution in [0.3, 0.4) is 0 Å². The molecule has 0 fully saturated rings. The third-order valence-electron chi connectivity index (χ3n) is 2.54. The molecule has 18 heavy (non-hydrogen) atoms. The fourth-order valence-corrected chi connectivity index (χ4v) is 2.37. The summed E-state index contributed by atoms with van der Waals surface area (Å²) in [5.74, 6) is 0. The normalized spacial score (nSPS) is 12.1. The zero-order valence-electron chi connectivity index (χ0n) is 10.5. The van der Waals surface area contributed by atoms with E-state index in [9.17, 15) is 0 Å². The van der Waals surface area contributed by atoms with E-state index in [1.165, 1.54) is 6.33 Å². The van der Waals surface area contributed by atoms with E-state index in [1.807, 2.05) is 12.1 Å². The number of aromatic nitrogens is 3. The van der Waals surface area contributed by atoms with Gasteiger partial charge in [0.05, 0.1) is 0 Å². The summed E-state index contributed by atoms with van der Waals surface area (Å²) in [5, 5.41) is 5.43. The smallest absolute Gasteiger partial charge is 0.137 e. The summed E-state index contributed by atoms with van der Waals surface area (Å²) < 4.78 is 1.75. The van der Waals surface area contributed by atoms with Crippen LogP contribution in [0.5, 0.6) is 0 Å². The van der Waals surface area contributed by atoms with Gasteiger partial charge < -0.3 is 0 Å². The number of rotatable bonds is 2. The van der Waals surface area contributed by atoms with Crippen LogP contribution >= 0.6 is 23.2 Å². The van der Waals surface area contributed by atoms with E-state index in [0.29, 0.717) is 10.0 Å². The van der Waals surface area contributed by atoms with Crippen molar-refractivity contribution in [2.75, 3.05) is 0 Å². The first-order valence-electron chi connectivity index (χ1n) is 5.57. The summed E-state index contributed by atoms with van der Waals surface area (Å²) in [6.07, 6.45) is 3.18. The highest BCUT2D eigenvalue weighted by atomic mass is 35.5. The summed E-state index contributed by atoms with van der Waals surface area (Å²) in [7, 11) is 0. The van der Waals surface area contributed by atoms with Crippen molar-refractivity contribution in [1.29, 1.82) is 0 Å². The molecule has 0 aliphatic rings. The molecular formula is C13H14Cl2N3. The molecule has 1 radical (unpaired) electrons. The fourth-order valence-electron chi connectivity index (χ4n) is 1.88. The lowest BCUT2D eigenvalue weighted by Gasteiger charge is -2.30. The van der Waals surface area contributed by atoms with Crippen LogP contribution in [0.4, 0.5) is 0 Å². The van der Waals surface area contributed by atoms with Gasteiger partial charge in [0, 0.05) is 15.6 Å². The molecule has 2 aromatic rings. The highest BCUT2D eigenvalue weighted by Crippen LogP contribution is 2.38. The maximum absolute atomic E-state index is 6.28. The average molecular weight is 283 g/mol. The van der Waals surface area contributed by atoms with Crippen LogP contribution in [0.1, 0.15) is 26.3 Å². The minimum absolute atomic E-state index is 0.120. The SMILES string of the molecule is CC(C)(C)[C](c1ccc(Cl)cc1Cl)n1cncn1. The van der Waals surface area contributed by atoms with Crippen molar-refractivity contribution in [2.45, 2.75) is 20.8 Å². The zero-order chi connectivity index (χ0) is 13.3. The third-order valence-corrected chi connectivity index (χ3v) is 3.09. The van der Waals surface area contributed by atoms with Crippen molar-refractivity contribution in [1.82, 2.24) is 14.8 Å². The Balaban J connectivity index is 2.54. The van der Waals surface area contributed by atoms with E-state index in [1.54, 1.807) is 17.1 Å². The van der Waals surface area contributed by atoms with Gasteiger partial charge in [-0.1, -0.05) is 50.0 Å². The molecule has 1 aromatic carbocycles. The fraction of sp³-hybridized carbons (Fsp3) is 0.308. The van der Waals surface area contributed by atoms with Gasteiger partial charge in [-0.2, -0.15) is 5.10 Å².